The van der Waals surface area contributed by atoms with Crippen LogP contribution in [-0.2, 0) is 9.59 Å². The second kappa shape index (κ2) is 9.78. The van der Waals surface area contributed by atoms with Crippen molar-refractivity contribution in [1.82, 2.24) is 19.9 Å². The molecule has 2 aromatic heterocycles. The number of likely N-dealkylation sites (tertiary alicyclic amines) is 1. The molecular weight excluding hydrogens is 481 g/mol. The summed E-state index contributed by atoms with van der Waals surface area (Å²) in [5.41, 5.74) is 0.536. The first-order chi connectivity index (χ1) is 17.3. The Morgan fingerprint density at radius 1 is 1.03 bits per heavy atom. The molecule has 3 fully saturated rings. The second-order valence-corrected chi connectivity index (χ2v) is 9.00. The summed E-state index contributed by atoms with van der Waals surface area (Å²) in [4.78, 5) is 43.2. The molecule has 3 aliphatic heterocycles. The minimum atomic E-state index is -4.46. The minimum absolute atomic E-state index is 0.0239. The van der Waals surface area contributed by atoms with E-state index in [1.54, 1.807) is 12.4 Å². The molecule has 1 atom stereocenters. The van der Waals surface area contributed by atoms with Crippen molar-refractivity contribution in [2.24, 2.45) is 5.92 Å². The van der Waals surface area contributed by atoms with Crippen LogP contribution in [0, 0.1) is 5.92 Å². The summed E-state index contributed by atoms with van der Waals surface area (Å²) in [5, 5.41) is 0. The van der Waals surface area contributed by atoms with Gasteiger partial charge in [-0.15, -0.1) is 0 Å². The number of ether oxygens (including phenoxy) is 2. The van der Waals surface area contributed by atoms with Crippen molar-refractivity contribution in [3.8, 4) is 11.6 Å². The Morgan fingerprint density at radius 3 is 2.39 bits per heavy atom. The summed E-state index contributed by atoms with van der Waals surface area (Å²) in [6.45, 7) is 1.82. The van der Waals surface area contributed by atoms with Crippen LogP contribution in [0.3, 0.4) is 0 Å². The van der Waals surface area contributed by atoms with E-state index in [0.29, 0.717) is 37.7 Å². The molecule has 0 N–H and O–H groups in total. The van der Waals surface area contributed by atoms with Gasteiger partial charge in [-0.05, 0) is 18.9 Å². The Labute approximate surface area is 205 Å². The van der Waals surface area contributed by atoms with E-state index in [2.05, 4.69) is 19.7 Å². The highest BCUT2D eigenvalue weighted by atomic mass is 19.4. The Bertz CT molecular complexity index is 1090. The molecule has 13 heteroatoms. The molecule has 0 aromatic carbocycles. The van der Waals surface area contributed by atoms with E-state index >= 15 is 0 Å². The first kappa shape index (κ1) is 24.1. The van der Waals surface area contributed by atoms with Gasteiger partial charge < -0.3 is 24.2 Å². The fraction of sp³-hybridized carbons (Fsp3) is 0.522. The van der Waals surface area contributed by atoms with Crippen molar-refractivity contribution in [3.05, 3.63) is 30.7 Å². The van der Waals surface area contributed by atoms with Gasteiger partial charge in [0, 0.05) is 45.2 Å². The summed E-state index contributed by atoms with van der Waals surface area (Å²) in [6, 6.07) is 2.66. The van der Waals surface area contributed by atoms with Crippen molar-refractivity contribution >= 4 is 23.5 Å². The molecule has 5 heterocycles. The standard InChI is InChI=1S/C23H25F3N6O4/c24-23(25,26)14-35-19-4-3-17(11-27-19)36-18-5-8-32(21(18)34)16-9-28-22(29-10-16)31-12-15(13-31)20(33)30-6-1-2-7-30/h3-4,9-11,15,18H,1-2,5-8,12-14H2/t18-/m1/s1. The lowest BCUT2D eigenvalue weighted by molar-refractivity contribution is -0.154. The van der Waals surface area contributed by atoms with Crippen LogP contribution in [0.5, 0.6) is 11.6 Å². The molecule has 192 valence electrons. The lowest BCUT2D eigenvalue weighted by Crippen LogP contribution is -2.54. The zero-order valence-electron chi connectivity index (χ0n) is 19.4. The van der Waals surface area contributed by atoms with E-state index in [0.717, 1.165) is 25.9 Å². The zero-order valence-corrected chi connectivity index (χ0v) is 19.4. The average molecular weight is 506 g/mol. The predicted molar refractivity (Wildman–Crippen MR) is 121 cm³/mol. The number of nitrogens with zero attached hydrogens (tertiary/aromatic N) is 6. The number of hydrogen-bond acceptors (Lipinski definition) is 8. The third-order valence-electron chi connectivity index (χ3n) is 6.40. The first-order valence-electron chi connectivity index (χ1n) is 11.8. The maximum Gasteiger partial charge on any atom is 0.422 e. The van der Waals surface area contributed by atoms with E-state index in [4.69, 9.17) is 4.74 Å². The molecule has 0 bridgehead atoms. The Hall–Kier alpha value is -3.64. The molecule has 0 radical (unpaired) electrons. The zero-order chi connectivity index (χ0) is 25.3. The van der Waals surface area contributed by atoms with Gasteiger partial charge in [0.1, 0.15) is 5.75 Å². The van der Waals surface area contributed by atoms with Crippen LogP contribution in [0.1, 0.15) is 19.3 Å². The molecule has 3 aliphatic rings. The van der Waals surface area contributed by atoms with Crippen LogP contribution < -0.4 is 19.3 Å². The number of aromatic nitrogens is 3. The van der Waals surface area contributed by atoms with Gasteiger partial charge in [0.15, 0.2) is 12.7 Å². The number of pyridine rings is 1. The van der Waals surface area contributed by atoms with Crippen LogP contribution in [-0.4, -0.2) is 83.3 Å². The van der Waals surface area contributed by atoms with Gasteiger partial charge in [0.05, 0.1) is 30.2 Å². The van der Waals surface area contributed by atoms with Gasteiger partial charge in [-0.2, -0.15) is 13.2 Å². The normalized spacial score (nSPS) is 20.6. The maximum atomic E-state index is 12.8. The number of carbonyl (C=O) groups excluding carboxylic acids is 2. The van der Waals surface area contributed by atoms with Gasteiger partial charge in [-0.25, -0.2) is 15.0 Å². The monoisotopic (exact) mass is 506 g/mol. The van der Waals surface area contributed by atoms with Crippen molar-refractivity contribution in [1.29, 1.82) is 0 Å². The fourth-order valence-electron chi connectivity index (χ4n) is 4.47. The van der Waals surface area contributed by atoms with E-state index in [1.165, 1.54) is 23.2 Å². The summed E-state index contributed by atoms with van der Waals surface area (Å²) in [6.07, 6.45) is 1.70. The lowest BCUT2D eigenvalue weighted by atomic mass is 9.99. The van der Waals surface area contributed by atoms with Gasteiger partial charge in [-0.1, -0.05) is 0 Å². The van der Waals surface area contributed by atoms with Crippen molar-refractivity contribution in [2.75, 3.05) is 49.1 Å². The van der Waals surface area contributed by atoms with Crippen molar-refractivity contribution < 1.29 is 32.2 Å². The number of rotatable bonds is 7. The second-order valence-electron chi connectivity index (χ2n) is 9.00. The smallest absolute Gasteiger partial charge is 0.422 e. The number of halogens is 3. The van der Waals surface area contributed by atoms with Gasteiger partial charge in [0.25, 0.3) is 5.91 Å². The number of alkyl halides is 3. The topological polar surface area (TPSA) is 101 Å². The summed E-state index contributed by atoms with van der Waals surface area (Å²) in [7, 11) is 0. The number of amides is 2. The number of carbonyl (C=O) groups is 2. The number of anilines is 2. The molecule has 2 amide bonds. The molecule has 0 aliphatic carbocycles. The van der Waals surface area contributed by atoms with Gasteiger partial charge >= 0.3 is 6.18 Å². The quantitative estimate of drug-likeness (QED) is 0.563. The van der Waals surface area contributed by atoms with E-state index in [-0.39, 0.29) is 29.4 Å². The van der Waals surface area contributed by atoms with Crippen LogP contribution in [0.4, 0.5) is 24.8 Å². The maximum absolute atomic E-state index is 12.8. The highest BCUT2D eigenvalue weighted by Gasteiger charge is 2.38. The van der Waals surface area contributed by atoms with Gasteiger partial charge in [-0.3, -0.25) is 9.59 Å². The fourth-order valence-corrected chi connectivity index (χ4v) is 4.47. The molecular formula is C23H25F3N6O4. The Morgan fingerprint density at radius 2 is 1.75 bits per heavy atom. The summed E-state index contributed by atoms with van der Waals surface area (Å²) in [5.74, 6) is 0.477. The third kappa shape index (κ3) is 5.29. The SMILES string of the molecule is O=C(C1CN(c2ncc(N3CC[C@@H](Oc4ccc(OCC(F)(F)F)nc4)C3=O)cn2)C1)N1CCCC1. The summed E-state index contributed by atoms with van der Waals surface area (Å²) >= 11 is 0. The van der Waals surface area contributed by atoms with Crippen LogP contribution in [0.15, 0.2) is 30.7 Å². The Balaban J connectivity index is 1.12. The van der Waals surface area contributed by atoms with E-state index in [1.807, 2.05) is 9.80 Å². The largest absolute Gasteiger partial charge is 0.479 e. The predicted octanol–water partition coefficient (Wildman–Crippen LogP) is 2.06. The molecule has 3 saturated heterocycles. The molecule has 0 spiro atoms. The van der Waals surface area contributed by atoms with Crippen LogP contribution >= 0.6 is 0 Å². The highest BCUT2D eigenvalue weighted by molar-refractivity contribution is 5.98. The molecule has 5 rings (SSSR count). The van der Waals surface area contributed by atoms with Crippen LogP contribution in [0.25, 0.3) is 0 Å². The van der Waals surface area contributed by atoms with Gasteiger partial charge in [0.2, 0.25) is 17.7 Å². The average Bonchev–Trinajstić information content (AvgIpc) is 3.49. The third-order valence-corrected chi connectivity index (χ3v) is 6.40. The van der Waals surface area contributed by atoms with E-state index in [9.17, 15) is 22.8 Å². The first-order valence-corrected chi connectivity index (χ1v) is 11.8. The Kier molecular flexibility index (Phi) is 6.54. The van der Waals surface area contributed by atoms with Crippen LogP contribution in [0.2, 0.25) is 0 Å². The molecule has 10 nitrogen and oxygen atoms in total. The van der Waals surface area contributed by atoms with Crippen molar-refractivity contribution in [2.45, 2.75) is 31.5 Å². The minimum Gasteiger partial charge on any atom is -0.479 e. The summed E-state index contributed by atoms with van der Waals surface area (Å²) < 4.78 is 47.0. The molecule has 36 heavy (non-hydrogen) atoms. The van der Waals surface area contributed by atoms with E-state index < -0.39 is 18.9 Å². The lowest BCUT2D eigenvalue weighted by Gasteiger charge is -2.39. The molecule has 0 saturated carbocycles. The number of hydrogen-bond donors (Lipinski definition) is 0. The molecule has 2 aromatic rings. The molecule has 0 unspecified atom stereocenters. The highest BCUT2D eigenvalue weighted by Crippen LogP contribution is 2.28. The van der Waals surface area contributed by atoms with Crippen molar-refractivity contribution in [3.63, 3.8) is 0 Å².